The predicted molar refractivity (Wildman–Crippen MR) is 106 cm³/mol. The van der Waals surface area contributed by atoms with E-state index in [1.807, 2.05) is 0 Å². The lowest BCUT2D eigenvalue weighted by Gasteiger charge is -2.24. The molecule has 31 heavy (non-hydrogen) atoms. The summed E-state index contributed by atoms with van der Waals surface area (Å²) in [5, 5.41) is 41.2. The molecule has 2 aromatic rings. The van der Waals surface area contributed by atoms with Crippen molar-refractivity contribution in [1.29, 1.82) is 0 Å². The highest BCUT2D eigenvalue weighted by Gasteiger charge is 2.38. The van der Waals surface area contributed by atoms with E-state index in [1.54, 1.807) is 0 Å². The molecule has 1 atom stereocenters. The highest BCUT2D eigenvalue weighted by molar-refractivity contribution is 6.30. The summed E-state index contributed by atoms with van der Waals surface area (Å²) < 4.78 is 4.99. The molecule has 0 amide bonds. The van der Waals surface area contributed by atoms with Gasteiger partial charge in [-0.3, -0.25) is 14.4 Å². The van der Waals surface area contributed by atoms with Gasteiger partial charge in [0.1, 0.15) is 28.8 Å². The molecule has 0 aromatic heterocycles. The van der Waals surface area contributed by atoms with Crippen LogP contribution in [-0.4, -0.2) is 50.4 Å². The molecule has 3 rings (SSSR count). The van der Waals surface area contributed by atoms with Crippen LogP contribution in [0.5, 0.6) is 23.0 Å². The van der Waals surface area contributed by atoms with Gasteiger partial charge < -0.3 is 30.0 Å². The number of ketones is 3. The molecule has 0 unspecified atom stereocenters. The van der Waals surface area contributed by atoms with Crippen LogP contribution in [0, 0.1) is 0 Å². The molecule has 0 heterocycles. The Morgan fingerprint density at radius 1 is 0.903 bits per heavy atom. The van der Waals surface area contributed by atoms with E-state index in [1.165, 1.54) is 13.8 Å². The summed E-state index contributed by atoms with van der Waals surface area (Å²) >= 11 is 0. The summed E-state index contributed by atoms with van der Waals surface area (Å²) in [7, 11) is 0. The minimum atomic E-state index is -0.876. The zero-order valence-corrected chi connectivity index (χ0v) is 16.8. The highest BCUT2D eigenvalue weighted by atomic mass is 16.5. The Morgan fingerprint density at radius 3 is 2.16 bits per heavy atom. The number of phenols is 4. The number of ether oxygens (including phenoxy) is 1. The van der Waals surface area contributed by atoms with Crippen LogP contribution in [-0.2, 0) is 14.3 Å². The van der Waals surface area contributed by atoms with Gasteiger partial charge in [-0.25, -0.2) is 0 Å². The molecule has 0 saturated heterocycles. The molecule has 1 aliphatic carbocycles. The van der Waals surface area contributed by atoms with Gasteiger partial charge in [0.05, 0.1) is 17.7 Å². The lowest BCUT2D eigenvalue weighted by Crippen LogP contribution is -2.22. The topological polar surface area (TPSA) is 158 Å². The molecule has 9 heteroatoms. The molecule has 9 nitrogen and oxygen atoms in total. The van der Waals surface area contributed by atoms with Gasteiger partial charge in [-0.05, 0) is 25.5 Å². The fraction of sp³-hybridized carbons (Fsp3) is 0.273. The van der Waals surface area contributed by atoms with Crippen LogP contribution < -0.4 is 0 Å². The number of hydrogen-bond acceptors (Lipinski definition) is 9. The Hall–Kier alpha value is -3.88. The minimum absolute atomic E-state index is 0.0532. The molecule has 2 aromatic carbocycles. The third-order valence-corrected chi connectivity index (χ3v) is 5.10. The van der Waals surface area contributed by atoms with Gasteiger partial charge in [0.25, 0.3) is 0 Å². The number of phenolic OH excluding ortho intramolecular Hbond substituents is 4. The fourth-order valence-corrected chi connectivity index (χ4v) is 3.69. The Bertz CT molecular complexity index is 1110. The molecule has 0 spiro atoms. The van der Waals surface area contributed by atoms with E-state index in [0.717, 1.165) is 18.2 Å². The molecule has 0 fully saturated rings. The van der Waals surface area contributed by atoms with Gasteiger partial charge in [-0.2, -0.15) is 0 Å². The maximum atomic E-state index is 13.0. The number of hydrogen-bond donors (Lipinski definition) is 4. The van der Waals surface area contributed by atoms with Gasteiger partial charge in [-0.1, -0.05) is 0 Å². The van der Waals surface area contributed by atoms with Crippen LogP contribution in [0.3, 0.4) is 0 Å². The van der Waals surface area contributed by atoms with Crippen LogP contribution >= 0.6 is 0 Å². The summed E-state index contributed by atoms with van der Waals surface area (Å²) in [6, 6.07) is 2.91. The van der Waals surface area contributed by atoms with Gasteiger partial charge in [0.15, 0.2) is 5.78 Å². The largest absolute Gasteiger partial charge is 0.508 e. The van der Waals surface area contributed by atoms with Gasteiger partial charge in [0.2, 0.25) is 5.78 Å². The zero-order valence-electron chi connectivity index (χ0n) is 16.8. The number of esters is 1. The lowest BCUT2D eigenvalue weighted by atomic mass is 9.79. The molecule has 0 saturated carbocycles. The Labute approximate surface area is 176 Å². The van der Waals surface area contributed by atoms with Crippen LogP contribution in [0.2, 0.25) is 0 Å². The van der Waals surface area contributed by atoms with Crippen LogP contribution in [0.15, 0.2) is 18.2 Å². The van der Waals surface area contributed by atoms with Gasteiger partial charge in [-0.15, -0.1) is 0 Å². The Kier molecular flexibility index (Phi) is 5.70. The van der Waals surface area contributed by atoms with E-state index < -0.39 is 52.0 Å². The monoisotopic (exact) mass is 428 g/mol. The molecular formula is C22H20O9. The number of Topliss-reactive ketones (excluding diaryl/α,β-unsaturated/α-hetero) is 1. The van der Waals surface area contributed by atoms with E-state index in [9.17, 15) is 39.6 Å². The zero-order chi connectivity index (χ0) is 23.0. The average molecular weight is 428 g/mol. The number of rotatable bonds is 6. The van der Waals surface area contributed by atoms with Crippen molar-refractivity contribution < 1.29 is 44.3 Å². The van der Waals surface area contributed by atoms with Crippen molar-refractivity contribution in [2.45, 2.75) is 32.6 Å². The second-order valence-electron chi connectivity index (χ2n) is 7.37. The van der Waals surface area contributed by atoms with E-state index in [2.05, 4.69) is 0 Å². The molecule has 162 valence electrons. The summed E-state index contributed by atoms with van der Waals surface area (Å²) in [6.07, 6.45) is 0.151. The first-order chi connectivity index (χ1) is 14.5. The number of fused-ring (bicyclic) bond motifs is 2. The van der Waals surface area contributed by atoms with Crippen molar-refractivity contribution >= 4 is 23.3 Å². The molecule has 4 N–H and O–H groups in total. The molecular weight excluding hydrogens is 408 g/mol. The number of aromatic hydroxyl groups is 4. The van der Waals surface area contributed by atoms with Crippen molar-refractivity contribution in [2.24, 2.45) is 0 Å². The summed E-state index contributed by atoms with van der Waals surface area (Å²) in [4.78, 5) is 48.6. The first-order valence-corrected chi connectivity index (χ1v) is 9.39. The second kappa shape index (κ2) is 8.10. The SMILES string of the molecule is CC(=O)CC[C@H](COC(C)=O)c1c(O)cc2c(c1O)C(=O)c1c(O)cc(O)cc1C2=O. The average Bonchev–Trinajstić information content (AvgIpc) is 2.66. The standard InChI is InChI=1S/C22H20O9/c1-9(23)3-4-11(8-31-10(2)24)17-16(27)7-14-19(21(17)29)22(30)18-13(20(14)28)5-12(25)6-15(18)26/h5-7,11,25-27,29H,3-4,8H2,1-2H3/t11-/m1/s1. The van der Waals surface area contributed by atoms with Crippen molar-refractivity contribution in [3.8, 4) is 23.0 Å². The fourth-order valence-electron chi connectivity index (χ4n) is 3.69. The van der Waals surface area contributed by atoms with Gasteiger partial charge >= 0.3 is 5.97 Å². The van der Waals surface area contributed by atoms with Crippen molar-refractivity contribution in [1.82, 2.24) is 0 Å². The third-order valence-electron chi connectivity index (χ3n) is 5.10. The summed E-state index contributed by atoms with van der Waals surface area (Å²) in [5.74, 6) is -5.58. The Balaban J connectivity index is 2.18. The predicted octanol–water partition coefficient (Wildman–Crippen LogP) is 2.30. The van der Waals surface area contributed by atoms with E-state index in [0.29, 0.717) is 0 Å². The number of benzene rings is 2. The molecule has 0 radical (unpaired) electrons. The van der Waals surface area contributed by atoms with E-state index in [-0.39, 0.29) is 47.5 Å². The summed E-state index contributed by atoms with van der Waals surface area (Å²) in [5.41, 5.74) is -1.54. The first kappa shape index (κ1) is 21.8. The van der Waals surface area contributed by atoms with Crippen molar-refractivity contribution in [2.75, 3.05) is 6.61 Å². The van der Waals surface area contributed by atoms with Gasteiger partial charge in [0, 0.05) is 42.0 Å². The summed E-state index contributed by atoms with van der Waals surface area (Å²) in [6.45, 7) is 2.25. The normalized spacial score (nSPS) is 13.4. The third kappa shape index (κ3) is 3.94. The smallest absolute Gasteiger partial charge is 0.302 e. The van der Waals surface area contributed by atoms with Crippen molar-refractivity contribution in [3.63, 3.8) is 0 Å². The molecule has 1 aliphatic rings. The second-order valence-corrected chi connectivity index (χ2v) is 7.37. The number of carbonyl (C=O) groups is 4. The van der Waals surface area contributed by atoms with E-state index in [4.69, 9.17) is 4.74 Å². The lowest BCUT2D eigenvalue weighted by molar-refractivity contribution is -0.141. The maximum absolute atomic E-state index is 13.0. The first-order valence-electron chi connectivity index (χ1n) is 9.39. The van der Waals surface area contributed by atoms with Crippen LogP contribution in [0.4, 0.5) is 0 Å². The maximum Gasteiger partial charge on any atom is 0.302 e. The van der Waals surface area contributed by atoms with E-state index >= 15 is 0 Å². The molecule has 0 bridgehead atoms. The highest BCUT2D eigenvalue weighted by Crippen LogP contribution is 2.45. The van der Waals surface area contributed by atoms with Crippen LogP contribution in [0.25, 0.3) is 0 Å². The quantitative estimate of drug-likeness (QED) is 0.432. The minimum Gasteiger partial charge on any atom is -0.508 e. The van der Waals surface area contributed by atoms with Crippen molar-refractivity contribution in [3.05, 3.63) is 46.0 Å². The number of carbonyl (C=O) groups excluding carboxylic acids is 4. The van der Waals surface area contributed by atoms with Crippen LogP contribution in [0.1, 0.15) is 70.0 Å². The molecule has 0 aliphatic heterocycles. The Morgan fingerprint density at radius 2 is 1.55 bits per heavy atom.